The molecule has 0 spiro atoms. The molecule has 2 unspecified atom stereocenters. The van der Waals surface area contributed by atoms with Gasteiger partial charge in [0.05, 0.1) is 19.2 Å². The summed E-state index contributed by atoms with van der Waals surface area (Å²) < 4.78 is 10.8. The lowest BCUT2D eigenvalue weighted by molar-refractivity contribution is -0.155. The van der Waals surface area contributed by atoms with Gasteiger partial charge in [-0.3, -0.25) is 9.79 Å². The van der Waals surface area contributed by atoms with Crippen LogP contribution in [-0.2, 0) is 19.1 Å². The number of methoxy groups -OCH3 is 1. The van der Waals surface area contributed by atoms with Gasteiger partial charge < -0.3 is 9.47 Å². The highest BCUT2D eigenvalue weighted by Crippen LogP contribution is 2.29. The molecule has 0 N–H and O–H groups in total. The SMILES string of the molecule is COC(=O)C(N=C(c1ccccc1)c1ccccc1)C(CC(=O)OC(C)(C)C)c1ccccc1. The molecule has 0 amide bonds. The number of aliphatic imine (C=N–C) groups is 1. The van der Waals surface area contributed by atoms with Crippen LogP contribution < -0.4 is 0 Å². The predicted octanol–water partition coefficient (Wildman–Crippen LogP) is 5.58. The van der Waals surface area contributed by atoms with Crippen LogP contribution in [0.25, 0.3) is 0 Å². The molecular formula is C29H31NO4. The molecular weight excluding hydrogens is 426 g/mol. The van der Waals surface area contributed by atoms with Crippen LogP contribution in [0.4, 0.5) is 0 Å². The Balaban J connectivity index is 2.14. The van der Waals surface area contributed by atoms with Crippen molar-refractivity contribution >= 4 is 17.7 Å². The lowest BCUT2D eigenvalue weighted by Gasteiger charge is -2.26. The molecule has 0 bridgehead atoms. The van der Waals surface area contributed by atoms with E-state index in [0.29, 0.717) is 5.71 Å². The molecule has 3 aromatic carbocycles. The molecule has 34 heavy (non-hydrogen) atoms. The van der Waals surface area contributed by atoms with Crippen molar-refractivity contribution in [1.82, 2.24) is 0 Å². The minimum Gasteiger partial charge on any atom is -0.467 e. The third-order valence-corrected chi connectivity index (χ3v) is 5.22. The number of hydrogen-bond donors (Lipinski definition) is 0. The molecule has 0 aliphatic heterocycles. The third kappa shape index (κ3) is 6.88. The van der Waals surface area contributed by atoms with Crippen LogP contribution >= 0.6 is 0 Å². The van der Waals surface area contributed by atoms with Crippen LogP contribution in [0.2, 0.25) is 0 Å². The van der Waals surface area contributed by atoms with Gasteiger partial charge in [0, 0.05) is 17.0 Å². The molecule has 3 aromatic rings. The van der Waals surface area contributed by atoms with Gasteiger partial charge in [-0.25, -0.2) is 4.79 Å². The minimum atomic E-state index is -0.949. The molecule has 176 valence electrons. The number of carbonyl (C=O) groups is 2. The highest BCUT2D eigenvalue weighted by molar-refractivity contribution is 6.13. The molecule has 2 atom stereocenters. The predicted molar refractivity (Wildman–Crippen MR) is 134 cm³/mol. The zero-order valence-electron chi connectivity index (χ0n) is 20.1. The van der Waals surface area contributed by atoms with Gasteiger partial charge in [0.15, 0.2) is 6.04 Å². The van der Waals surface area contributed by atoms with E-state index in [0.717, 1.165) is 16.7 Å². The van der Waals surface area contributed by atoms with Crippen molar-refractivity contribution in [2.75, 3.05) is 7.11 Å². The molecule has 0 aliphatic carbocycles. The summed E-state index contributed by atoms with van der Waals surface area (Å²) in [5.74, 6) is -1.47. The van der Waals surface area contributed by atoms with E-state index in [1.807, 2.05) is 112 Å². The molecule has 0 radical (unpaired) electrons. The van der Waals surface area contributed by atoms with Gasteiger partial charge in [0.2, 0.25) is 0 Å². The minimum absolute atomic E-state index is 0.0125. The summed E-state index contributed by atoms with van der Waals surface area (Å²) in [4.78, 5) is 30.9. The van der Waals surface area contributed by atoms with Crippen molar-refractivity contribution in [2.45, 2.75) is 44.8 Å². The van der Waals surface area contributed by atoms with Gasteiger partial charge >= 0.3 is 11.9 Å². The number of esters is 2. The van der Waals surface area contributed by atoms with E-state index >= 15 is 0 Å². The summed E-state index contributed by atoms with van der Waals surface area (Å²) in [5.41, 5.74) is 2.56. The van der Waals surface area contributed by atoms with Crippen LogP contribution in [-0.4, -0.2) is 36.4 Å². The van der Waals surface area contributed by atoms with E-state index in [1.165, 1.54) is 7.11 Å². The molecule has 0 fully saturated rings. The summed E-state index contributed by atoms with van der Waals surface area (Å²) in [6, 6.07) is 27.9. The van der Waals surface area contributed by atoms with Gasteiger partial charge in [-0.05, 0) is 26.3 Å². The molecule has 0 aliphatic rings. The Morgan fingerprint density at radius 1 is 0.794 bits per heavy atom. The first-order chi connectivity index (χ1) is 16.3. The maximum Gasteiger partial charge on any atom is 0.331 e. The first-order valence-corrected chi connectivity index (χ1v) is 11.3. The lowest BCUT2D eigenvalue weighted by atomic mass is 9.88. The zero-order chi connectivity index (χ0) is 24.6. The van der Waals surface area contributed by atoms with Gasteiger partial charge in [-0.1, -0.05) is 91.0 Å². The van der Waals surface area contributed by atoms with Crippen molar-refractivity contribution in [3.8, 4) is 0 Å². The van der Waals surface area contributed by atoms with E-state index in [4.69, 9.17) is 14.5 Å². The van der Waals surface area contributed by atoms with E-state index in [1.54, 1.807) is 0 Å². The van der Waals surface area contributed by atoms with Crippen LogP contribution in [0, 0.1) is 0 Å². The summed E-state index contributed by atoms with van der Waals surface area (Å²) in [6.07, 6.45) is -0.0125. The highest BCUT2D eigenvalue weighted by Gasteiger charge is 2.34. The largest absolute Gasteiger partial charge is 0.467 e. The van der Waals surface area contributed by atoms with Crippen LogP contribution in [0.5, 0.6) is 0 Å². The topological polar surface area (TPSA) is 65.0 Å². The van der Waals surface area contributed by atoms with Crippen LogP contribution in [0.3, 0.4) is 0 Å². The number of hydrogen-bond acceptors (Lipinski definition) is 5. The second kappa shape index (κ2) is 11.4. The average molecular weight is 458 g/mol. The van der Waals surface area contributed by atoms with Crippen LogP contribution in [0.15, 0.2) is 96.0 Å². The molecule has 0 saturated carbocycles. The standard InChI is InChI=1S/C29H31NO4/c1-29(2,3)34-25(31)20-24(21-14-8-5-9-15-21)27(28(32)33-4)30-26(22-16-10-6-11-17-22)23-18-12-7-13-19-23/h5-19,24,27H,20H2,1-4H3. The first kappa shape index (κ1) is 24.9. The Bertz CT molecular complexity index is 1060. The molecule has 0 saturated heterocycles. The summed E-state index contributed by atoms with van der Waals surface area (Å²) >= 11 is 0. The fraction of sp³-hybridized carbons (Fsp3) is 0.276. The molecule has 3 rings (SSSR count). The molecule has 0 aromatic heterocycles. The summed E-state index contributed by atoms with van der Waals surface area (Å²) in [7, 11) is 1.34. The fourth-order valence-electron chi connectivity index (χ4n) is 3.75. The van der Waals surface area contributed by atoms with Gasteiger partial charge in [-0.2, -0.15) is 0 Å². The Kier molecular flexibility index (Phi) is 8.36. The van der Waals surface area contributed by atoms with Crippen molar-refractivity contribution in [1.29, 1.82) is 0 Å². The number of carbonyl (C=O) groups excluding carboxylic acids is 2. The number of rotatable bonds is 8. The average Bonchev–Trinajstić information content (AvgIpc) is 2.84. The second-order valence-electron chi connectivity index (χ2n) is 8.99. The maximum atomic E-state index is 13.1. The van der Waals surface area contributed by atoms with Gasteiger partial charge in [0.1, 0.15) is 5.60 Å². The van der Waals surface area contributed by atoms with Crippen molar-refractivity contribution in [3.63, 3.8) is 0 Å². The maximum absolute atomic E-state index is 13.1. The number of ether oxygens (including phenoxy) is 2. The third-order valence-electron chi connectivity index (χ3n) is 5.22. The van der Waals surface area contributed by atoms with Crippen molar-refractivity contribution < 1.29 is 19.1 Å². The lowest BCUT2D eigenvalue weighted by Crippen LogP contribution is -2.33. The van der Waals surface area contributed by atoms with Crippen LogP contribution in [0.1, 0.15) is 49.8 Å². The monoisotopic (exact) mass is 457 g/mol. The van der Waals surface area contributed by atoms with Crippen molar-refractivity contribution in [3.05, 3.63) is 108 Å². The Morgan fingerprint density at radius 3 is 1.71 bits per heavy atom. The molecule has 0 heterocycles. The van der Waals surface area contributed by atoms with Gasteiger partial charge in [0.25, 0.3) is 0 Å². The normalized spacial score (nSPS) is 12.8. The Hall–Kier alpha value is -3.73. The smallest absolute Gasteiger partial charge is 0.331 e. The number of benzene rings is 3. The van der Waals surface area contributed by atoms with Crippen molar-refractivity contribution in [2.24, 2.45) is 4.99 Å². The molecule has 5 heteroatoms. The van der Waals surface area contributed by atoms with E-state index in [-0.39, 0.29) is 6.42 Å². The van der Waals surface area contributed by atoms with Gasteiger partial charge in [-0.15, -0.1) is 0 Å². The highest BCUT2D eigenvalue weighted by atomic mass is 16.6. The quantitative estimate of drug-likeness (QED) is 0.327. The van der Waals surface area contributed by atoms with E-state index in [2.05, 4.69) is 0 Å². The second-order valence-corrected chi connectivity index (χ2v) is 8.99. The fourth-order valence-corrected chi connectivity index (χ4v) is 3.75. The summed E-state index contributed by atoms with van der Waals surface area (Å²) in [5, 5.41) is 0. The Labute approximate surface area is 201 Å². The Morgan fingerprint density at radius 2 is 1.26 bits per heavy atom. The van der Waals surface area contributed by atoms with E-state index in [9.17, 15) is 9.59 Å². The molecule has 5 nitrogen and oxygen atoms in total. The zero-order valence-corrected chi connectivity index (χ0v) is 20.1. The summed E-state index contributed by atoms with van der Waals surface area (Å²) in [6.45, 7) is 5.46. The number of nitrogens with zero attached hydrogens (tertiary/aromatic N) is 1. The first-order valence-electron chi connectivity index (χ1n) is 11.3. The van der Waals surface area contributed by atoms with E-state index < -0.39 is 29.5 Å².